The van der Waals surface area contributed by atoms with Crippen molar-refractivity contribution >= 4 is 15.9 Å². The van der Waals surface area contributed by atoms with Crippen LogP contribution >= 0.6 is 0 Å². The predicted octanol–water partition coefficient (Wildman–Crippen LogP) is 2.83. The number of unbranched alkanes of at least 4 members (excludes halogenated alkanes) is 2. The third-order valence-electron chi connectivity index (χ3n) is 5.16. The summed E-state index contributed by atoms with van der Waals surface area (Å²) in [6, 6.07) is 0. The molecule has 1 heterocycles. The van der Waals surface area contributed by atoms with Gasteiger partial charge in [0.1, 0.15) is 0 Å². The molecule has 8 heteroatoms. The molecule has 0 unspecified atom stereocenters. The third-order valence-corrected chi connectivity index (χ3v) is 7.79. The van der Waals surface area contributed by atoms with E-state index in [-0.39, 0.29) is 18.9 Å². The van der Waals surface area contributed by atoms with Crippen molar-refractivity contribution < 1.29 is 23.2 Å². The van der Waals surface area contributed by atoms with Gasteiger partial charge in [-0.25, -0.2) is 18.2 Å². The van der Waals surface area contributed by atoms with E-state index in [0.717, 1.165) is 19.3 Å². The molecule has 0 atom stereocenters. The summed E-state index contributed by atoms with van der Waals surface area (Å²) in [7, 11) is -3.87. The Kier molecular flexibility index (Phi) is 10.1. The fourth-order valence-corrected chi connectivity index (χ4v) is 6.11. The van der Waals surface area contributed by atoms with Gasteiger partial charge in [-0.1, -0.05) is 46.5 Å². The van der Waals surface area contributed by atoms with Gasteiger partial charge in [-0.15, -0.1) is 0 Å². The minimum atomic E-state index is -3.87. The van der Waals surface area contributed by atoms with Gasteiger partial charge in [0.2, 0.25) is 10.0 Å². The Bertz CT molecular complexity index is 510. The van der Waals surface area contributed by atoms with Crippen LogP contribution in [0.1, 0.15) is 78.6 Å². The number of sulfonamides is 1. The van der Waals surface area contributed by atoms with Crippen LogP contribution < -0.4 is 5.48 Å². The molecule has 0 aromatic carbocycles. The Balaban J connectivity index is 2.83. The maximum absolute atomic E-state index is 13.3. The summed E-state index contributed by atoms with van der Waals surface area (Å²) in [5.74, 6) is -0.820. The van der Waals surface area contributed by atoms with Gasteiger partial charge in [0.25, 0.3) is 5.91 Å². The van der Waals surface area contributed by atoms with Crippen LogP contribution in [0, 0.1) is 0 Å². The number of ether oxygens (including phenoxy) is 1. The van der Waals surface area contributed by atoms with Crippen LogP contribution in [0.2, 0.25) is 0 Å². The van der Waals surface area contributed by atoms with Crippen molar-refractivity contribution in [2.75, 3.05) is 19.7 Å². The van der Waals surface area contributed by atoms with Crippen LogP contribution in [0.3, 0.4) is 0 Å². The third kappa shape index (κ3) is 5.41. The Labute approximate surface area is 158 Å². The van der Waals surface area contributed by atoms with E-state index in [1.165, 1.54) is 4.31 Å². The summed E-state index contributed by atoms with van der Waals surface area (Å²) in [5, 5.41) is 9.17. The lowest BCUT2D eigenvalue weighted by atomic mass is 9.96. The molecule has 0 saturated carbocycles. The molecule has 7 nitrogen and oxygen atoms in total. The maximum Gasteiger partial charge on any atom is 0.266 e. The number of hydroxylamine groups is 1. The van der Waals surface area contributed by atoms with Crippen LogP contribution in [0.15, 0.2) is 0 Å². The molecule has 0 aliphatic carbocycles. The van der Waals surface area contributed by atoms with Gasteiger partial charge in [-0.05, 0) is 32.1 Å². The Morgan fingerprint density at radius 1 is 1.12 bits per heavy atom. The molecule has 0 aromatic rings. The normalized spacial score (nSPS) is 17.4. The molecule has 26 heavy (non-hydrogen) atoms. The molecule has 154 valence electrons. The number of carbonyl (C=O) groups excluding carboxylic acids is 1. The fraction of sp³-hybridized carbons (Fsp3) is 0.944. The highest BCUT2D eigenvalue weighted by Crippen LogP contribution is 2.34. The molecule has 0 bridgehead atoms. The van der Waals surface area contributed by atoms with E-state index < -0.39 is 20.7 Å². The standard InChI is InChI=1S/C18H36N2O5S/c1-4-7-8-15-25-16-9-13-20(14-10-16)26(23,24)18(11-5-2,12-6-3)17(21)19-22/h16,22H,4-15H2,1-3H3,(H,19,21). The second-order valence-corrected chi connectivity index (χ2v) is 9.36. The van der Waals surface area contributed by atoms with Crippen molar-refractivity contribution in [1.29, 1.82) is 0 Å². The summed E-state index contributed by atoms with van der Waals surface area (Å²) in [4.78, 5) is 12.4. The Morgan fingerprint density at radius 2 is 1.69 bits per heavy atom. The highest BCUT2D eigenvalue weighted by Gasteiger charge is 2.52. The number of nitrogens with zero attached hydrogens (tertiary/aromatic N) is 1. The average Bonchev–Trinajstić information content (AvgIpc) is 2.64. The molecule has 1 aliphatic rings. The number of hydrogen-bond donors (Lipinski definition) is 2. The number of carbonyl (C=O) groups is 1. The molecule has 1 rings (SSSR count). The molecule has 0 spiro atoms. The van der Waals surface area contributed by atoms with Crippen molar-refractivity contribution in [2.24, 2.45) is 0 Å². The van der Waals surface area contributed by atoms with E-state index >= 15 is 0 Å². The van der Waals surface area contributed by atoms with Gasteiger partial charge in [0.05, 0.1) is 6.10 Å². The number of amides is 1. The number of hydrogen-bond acceptors (Lipinski definition) is 5. The second kappa shape index (κ2) is 11.2. The largest absolute Gasteiger partial charge is 0.378 e. The van der Waals surface area contributed by atoms with Gasteiger partial charge >= 0.3 is 0 Å². The smallest absolute Gasteiger partial charge is 0.266 e. The van der Waals surface area contributed by atoms with Crippen LogP contribution in [-0.2, 0) is 19.6 Å². The van der Waals surface area contributed by atoms with E-state index in [0.29, 0.717) is 45.4 Å². The maximum atomic E-state index is 13.3. The summed E-state index contributed by atoms with van der Waals surface area (Å²) in [6.07, 6.45) is 6.16. The Hall–Kier alpha value is -0.700. The van der Waals surface area contributed by atoms with Gasteiger partial charge in [-0.3, -0.25) is 10.0 Å². The SMILES string of the molecule is CCCCCOC1CCN(S(=O)(=O)C(CCC)(CCC)C(=O)NO)CC1. The van der Waals surface area contributed by atoms with E-state index in [9.17, 15) is 13.2 Å². The van der Waals surface area contributed by atoms with Gasteiger partial charge in [0, 0.05) is 19.7 Å². The molecule has 0 aromatic heterocycles. The molecule has 1 amide bonds. The van der Waals surface area contributed by atoms with E-state index in [4.69, 9.17) is 9.94 Å². The lowest BCUT2D eigenvalue weighted by Gasteiger charge is -2.39. The fourth-order valence-electron chi connectivity index (χ4n) is 3.73. The Morgan fingerprint density at radius 3 is 2.15 bits per heavy atom. The van der Waals surface area contributed by atoms with Crippen LogP contribution in [0.5, 0.6) is 0 Å². The van der Waals surface area contributed by atoms with Crippen LogP contribution in [-0.4, -0.2) is 54.4 Å². The average molecular weight is 393 g/mol. The zero-order chi connectivity index (χ0) is 19.6. The molecular formula is C18H36N2O5S. The molecule has 1 saturated heterocycles. The van der Waals surface area contributed by atoms with E-state index in [1.54, 1.807) is 5.48 Å². The summed E-state index contributed by atoms with van der Waals surface area (Å²) in [6.45, 7) is 7.27. The molecule has 1 fully saturated rings. The predicted molar refractivity (Wildman–Crippen MR) is 101 cm³/mol. The minimum absolute atomic E-state index is 0.0803. The zero-order valence-corrected chi connectivity index (χ0v) is 17.3. The second-order valence-electron chi connectivity index (χ2n) is 7.12. The van der Waals surface area contributed by atoms with Crippen LogP contribution in [0.4, 0.5) is 0 Å². The molecule has 1 aliphatic heterocycles. The highest BCUT2D eigenvalue weighted by molar-refractivity contribution is 7.91. The highest BCUT2D eigenvalue weighted by atomic mass is 32.2. The van der Waals surface area contributed by atoms with Gasteiger partial charge in [-0.2, -0.15) is 0 Å². The minimum Gasteiger partial charge on any atom is -0.378 e. The number of rotatable bonds is 12. The van der Waals surface area contributed by atoms with Crippen molar-refractivity contribution in [3.05, 3.63) is 0 Å². The summed E-state index contributed by atoms with van der Waals surface area (Å²) >= 11 is 0. The quantitative estimate of drug-likeness (QED) is 0.302. The zero-order valence-electron chi connectivity index (χ0n) is 16.5. The van der Waals surface area contributed by atoms with E-state index in [2.05, 4.69) is 6.92 Å². The first-order chi connectivity index (χ1) is 12.4. The topological polar surface area (TPSA) is 95.9 Å². The lowest BCUT2D eigenvalue weighted by Crippen LogP contribution is -2.58. The summed E-state index contributed by atoms with van der Waals surface area (Å²) in [5.41, 5.74) is 1.60. The van der Waals surface area contributed by atoms with E-state index in [1.807, 2.05) is 13.8 Å². The van der Waals surface area contributed by atoms with Crippen molar-refractivity contribution in [1.82, 2.24) is 9.79 Å². The summed E-state index contributed by atoms with van der Waals surface area (Å²) < 4.78 is 32.3. The monoisotopic (exact) mass is 392 g/mol. The molecule has 0 radical (unpaired) electrons. The first-order valence-electron chi connectivity index (χ1n) is 9.95. The van der Waals surface area contributed by atoms with Crippen molar-refractivity contribution in [2.45, 2.75) is 89.4 Å². The van der Waals surface area contributed by atoms with Crippen molar-refractivity contribution in [3.8, 4) is 0 Å². The molecule has 2 N–H and O–H groups in total. The molecular weight excluding hydrogens is 356 g/mol. The van der Waals surface area contributed by atoms with Gasteiger partial charge < -0.3 is 4.74 Å². The van der Waals surface area contributed by atoms with Crippen molar-refractivity contribution in [3.63, 3.8) is 0 Å². The number of nitrogens with one attached hydrogen (secondary N) is 1. The first-order valence-corrected chi connectivity index (χ1v) is 11.4. The van der Waals surface area contributed by atoms with Gasteiger partial charge in [0.15, 0.2) is 4.75 Å². The first kappa shape index (κ1) is 23.3. The lowest BCUT2D eigenvalue weighted by molar-refractivity contribution is -0.132. The van der Waals surface area contributed by atoms with Crippen LogP contribution in [0.25, 0.3) is 0 Å². The number of piperidine rings is 1.